The average molecular weight is 382 g/mol. The van der Waals surface area contributed by atoms with Crippen LogP contribution in [0.1, 0.15) is 32.8 Å². The molecule has 2 aromatic heterocycles. The summed E-state index contributed by atoms with van der Waals surface area (Å²) in [5.74, 6) is -0.692. The normalized spacial score (nSPS) is 16.5. The van der Waals surface area contributed by atoms with Crippen LogP contribution in [0.5, 0.6) is 0 Å². The van der Waals surface area contributed by atoms with E-state index in [-0.39, 0.29) is 17.4 Å². The molecule has 0 bridgehead atoms. The molecule has 1 atom stereocenters. The van der Waals surface area contributed by atoms with E-state index in [4.69, 9.17) is 0 Å². The molecule has 1 aliphatic heterocycles. The number of likely N-dealkylation sites (tertiary alicyclic amines) is 1. The van der Waals surface area contributed by atoms with Gasteiger partial charge in [0, 0.05) is 31.7 Å². The predicted molar refractivity (Wildman–Crippen MR) is 98.4 cm³/mol. The van der Waals surface area contributed by atoms with E-state index in [1.165, 1.54) is 19.2 Å². The Balaban J connectivity index is 1.44. The summed E-state index contributed by atoms with van der Waals surface area (Å²) >= 11 is 0. The summed E-state index contributed by atoms with van der Waals surface area (Å²) in [5.41, 5.74) is 1.15. The summed E-state index contributed by atoms with van der Waals surface area (Å²) in [6.07, 6.45) is 6.60. The van der Waals surface area contributed by atoms with Crippen molar-refractivity contribution in [2.75, 3.05) is 20.2 Å². The number of aromatic nitrogens is 3. The Hall–Kier alpha value is -3.29. The highest BCUT2D eigenvalue weighted by molar-refractivity contribution is 5.93. The second kappa shape index (κ2) is 7.38. The molecule has 7 nitrogen and oxygen atoms in total. The first kappa shape index (κ1) is 18.1. The molecule has 1 unspecified atom stereocenters. The van der Waals surface area contributed by atoms with Crippen LogP contribution in [-0.2, 0) is 11.2 Å². The van der Waals surface area contributed by atoms with Crippen molar-refractivity contribution in [1.29, 1.82) is 0 Å². The molecule has 28 heavy (non-hydrogen) atoms. The zero-order valence-corrected chi connectivity index (χ0v) is 15.3. The fourth-order valence-electron chi connectivity index (χ4n) is 3.58. The number of imidazole rings is 1. The molecule has 8 heteroatoms. The van der Waals surface area contributed by atoms with E-state index in [2.05, 4.69) is 14.7 Å². The molecule has 1 amide bonds. The van der Waals surface area contributed by atoms with Crippen molar-refractivity contribution in [3.05, 3.63) is 65.5 Å². The summed E-state index contributed by atoms with van der Waals surface area (Å²) < 4.78 is 20.1. The summed E-state index contributed by atoms with van der Waals surface area (Å²) in [5, 5.41) is 0. The van der Waals surface area contributed by atoms with Crippen LogP contribution in [0.25, 0.3) is 5.78 Å². The number of carbonyl (C=O) groups excluding carboxylic acids is 2. The van der Waals surface area contributed by atoms with Gasteiger partial charge in [-0.15, -0.1) is 0 Å². The third kappa shape index (κ3) is 3.45. The van der Waals surface area contributed by atoms with E-state index < -0.39 is 11.8 Å². The van der Waals surface area contributed by atoms with Gasteiger partial charge in [-0.05, 0) is 42.5 Å². The molecular formula is C20H19FN4O3. The maximum absolute atomic E-state index is 13.8. The lowest BCUT2D eigenvalue weighted by atomic mass is 9.97. The molecule has 0 spiro atoms. The second-order valence-electron chi connectivity index (χ2n) is 6.87. The van der Waals surface area contributed by atoms with E-state index in [0.29, 0.717) is 31.0 Å². The molecule has 0 radical (unpaired) electrons. The van der Waals surface area contributed by atoms with Crippen LogP contribution >= 0.6 is 0 Å². The van der Waals surface area contributed by atoms with Gasteiger partial charge >= 0.3 is 5.97 Å². The van der Waals surface area contributed by atoms with Crippen LogP contribution in [0.2, 0.25) is 0 Å². The largest absolute Gasteiger partial charge is 0.465 e. The Morgan fingerprint density at radius 1 is 1.36 bits per heavy atom. The number of nitrogens with zero attached hydrogens (tertiary/aromatic N) is 4. The number of benzene rings is 1. The minimum Gasteiger partial charge on any atom is -0.465 e. The highest BCUT2D eigenvalue weighted by Gasteiger charge is 2.28. The zero-order valence-electron chi connectivity index (χ0n) is 15.3. The molecule has 4 rings (SSSR count). The maximum atomic E-state index is 13.8. The molecular weight excluding hydrogens is 363 g/mol. The molecule has 0 saturated carbocycles. The molecule has 3 aromatic rings. The highest BCUT2D eigenvalue weighted by atomic mass is 19.1. The van der Waals surface area contributed by atoms with Crippen molar-refractivity contribution in [3.63, 3.8) is 0 Å². The summed E-state index contributed by atoms with van der Waals surface area (Å²) in [6.45, 7) is 1.22. The second-order valence-corrected chi connectivity index (χ2v) is 6.87. The molecule has 0 N–H and O–H groups in total. The van der Waals surface area contributed by atoms with E-state index in [9.17, 15) is 14.0 Å². The van der Waals surface area contributed by atoms with Gasteiger partial charge in [0.2, 0.25) is 5.78 Å². The van der Waals surface area contributed by atoms with Crippen LogP contribution in [-0.4, -0.2) is 51.3 Å². The number of methoxy groups -OCH3 is 1. The van der Waals surface area contributed by atoms with Crippen LogP contribution in [0.15, 0.2) is 42.9 Å². The molecule has 1 aliphatic rings. The molecule has 1 aromatic carbocycles. The smallest absolute Gasteiger partial charge is 0.340 e. The number of rotatable bonds is 4. The maximum Gasteiger partial charge on any atom is 0.340 e. The first-order valence-electron chi connectivity index (χ1n) is 9.01. The van der Waals surface area contributed by atoms with Gasteiger partial charge in [0.1, 0.15) is 11.5 Å². The Kier molecular flexibility index (Phi) is 4.77. The number of hydrogen-bond acceptors (Lipinski definition) is 5. The predicted octanol–water partition coefficient (Wildman–Crippen LogP) is 2.36. The van der Waals surface area contributed by atoms with Crippen molar-refractivity contribution < 1.29 is 18.7 Å². The Bertz CT molecular complexity index is 1020. The SMILES string of the molecule is COC(=O)c1cc(CC2CCN(C(=O)c3cn4cccnc4n3)C2)ccc1F. The molecule has 1 saturated heterocycles. The van der Waals surface area contributed by atoms with Crippen molar-refractivity contribution in [1.82, 2.24) is 19.3 Å². The van der Waals surface area contributed by atoms with E-state index >= 15 is 0 Å². The Morgan fingerprint density at radius 3 is 3.00 bits per heavy atom. The van der Waals surface area contributed by atoms with E-state index in [0.717, 1.165) is 12.0 Å². The number of amides is 1. The van der Waals surface area contributed by atoms with Gasteiger partial charge in [0.15, 0.2) is 0 Å². The van der Waals surface area contributed by atoms with Gasteiger partial charge in [-0.25, -0.2) is 19.2 Å². The molecule has 0 aliphatic carbocycles. The van der Waals surface area contributed by atoms with Gasteiger partial charge in [0.05, 0.1) is 12.7 Å². The monoisotopic (exact) mass is 382 g/mol. The fourth-order valence-corrected chi connectivity index (χ4v) is 3.58. The topological polar surface area (TPSA) is 76.8 Å². The minimum atomic E-state index is -0.692. The summed E-state index contributed by atoms with van der Waals surface area (Å²) in [7, 11) is 1.23. The standard InChI is InChI=1S/C20H19FN4O3/c1-28-19(27)15-10-13(3-4-16(15)21)9-14-5-8-24(11-14)18(26)17-12-25-7-2-6-22-20(25)23-17/h2-4,6-7,10,12,14H,5,8-9,11H2,1H3. The number of halogens is 1. The molecule has 1 fully saturated rings. The Labute approximate surface area is 160 Å². The third-order valence-corrected chi connectivity index (χ3v) is 4.99. The highest BCUT2D eigenvalue weighted by Crippen LogP contribution is 2.23. The van der Waals surface area contributed by atoms with Gasteiger partial charge in [-0.2, -0.15) is 0 Å². The van der Waals surface area contributed by atoms with E-state index in [1.807, 2.05) is 0 Å². The fraction of sp³-hybridized carbons (Fsp3) is 0.300. The lowest BCUT2D eigenvalue weighted by Crippen LogP contribution is -2.29. The van der Waals surface area contributed by atoms with Crippen LogP contribution in [0.4, 0.5) is 4.39 Å². The first-order chi connectivity index (χ1) is 13.5. The van der Waals surface area contributed by atoms with Crippen molar-refractivity contribution in [2.45, 2.75) is 12.8 Å². The number of hydrogen-bond donors (Lipinski definition) is 0. The molecule has 3 heterocycles. The van der Waals surface area contributed by atoms with Gasteiger partial charge < -0.3 is 9.64 Å². The lowest BCUT2D eigenvalue weighted by molar-refractivity contribution is 0.0595. The lowest BCUT2D eigenvalue weighted by Gasteiger charge is -2.15. The summed E-state index contributed by atoms with van der Waals surface area (Å²) in [4.78, 5) is 34.6. The number of ether oxygens (including phenoxy) is 1. The van der Waals surface area contributed by atoms with Crippen molar-refractivity contribution in [3.8, 4) is 0 Å². The number of esters is 1. The van der Waals surface area contributed by atoms with Crippen LogP contribution < -0.4 is 0 Å². The number of fused-ring (bicyclic) bond motifs is 1. The van der Waals surface area contributed by atoms with Crippen LogP contribution in [0, 0.1) is 11.7 Å². The molecule has 144 valence electrons. The van der Waals surface area contributed by atoms with Gasteiger partial charge in [0.25, 0.3) is 5.91 Å². The third-order valence-electron chi connectivity index (χ3n) is 4.99. The first-order valence-corrected chi connectivity index (χ1v) is 9.01. The quantitative estimate of drug-likeness (QED) is 0.648. The van der Waals surface area contributed by atoms with Gasteiger partial charge in [-0.3, -0.25) is 9.20 Å². The van der Waals surface area contributed by atoms with E-state index in [1.54, 1.807) is 40.0 Å². The van der Waals surface area contributed by atoms with Crippen LogP contribution in [0.3, 0.4) is 0 Å². The zero-order chi connectivity index (χ0) is 19.7. The summed E-state index contributed by atoms with van der Waals surface area (Å²) in [6, 6.07) is 6.25. The van der Waals surface area contributed by atoms with Crippen molar-refractivity contribution in [2.24, 2.45) is 5.92 Å². The van der Waals surface area contributed by atoms with Gasteiger partial charge in [-0.1, -0.05) is 6.07 Å². The number of carbonyl (C=O) groups is 2. The van der Waals surface area contributed by atoms with Crippen molar-refractivity contribution >= 4 is 17.7 Å². The average Bonchev–Trinajstić information content (AvgIpc) is 3.35. The Morgan fingerprint density at radius 2 is 2.21 bits per heavy atom. The minimum absolute atomic E-state index is 0.0665.